The highest BCUT2D eigenvalue weighted by molar-refractivity contribution is 5.76. The van der Waals surface area contributed by atoms with E-state index in [9.17, 15) is 4.79 Å². The Morgan fingerprint density at radius 2 is 2.00 bits per heavy atom. The van der Waals surface area contributed by atoms with Crippen molar-refractivity contribution in [1.29, 1.82) is 0 Å². The monoisotopic (exact) mass is 299 g/mol. The minimum atomic E-state index is 0.122. The third-order valence-corrected chi connectivity index (χ3v) is 3.61. The van der Waals surface area contributed by atoms with Crippen LogP contribution < -0.4 is 5.32 Å². The summed E-state index contributed by atoms with van der Waals surface area (Å²) in [6.07, 6.45) is 7.71. The van der Waals surface area contributed by atoms with Crippen molar-refractivity contribution in [3.63, 3.8) is 0 Å². The summed E-state index contributed by atoms with van der Waals surface area (Å²) >= 11 is 0. The maximum atomic E-state index is 12.0. The Labute approximate surface area is 132 Å². The topological polar surface area (TPSA) is 46.9 Å². The Bertz CT molecular complexity index is 585. The number of rotatable bonds is 7. The summed E-state index contributed by atoms with van der Waals surface area (Å²) in [5.41, 5.74) is 3.83. The van der Waals surface area contributed by atoms with E-state index in [1.165, 1.54) is 16.7 Å². The Kier molecular flexibility index (Phi) is 5.75. The van der Waals surface area contributed by atoms with Gasteiger partial charge >= 0.3 is 0 Å². The van der Waals surface area contributed by atoms with Crippen molar-refractivity contribution >= 4 is 5.91 Å². The van der Waals surface area contributed by atoms with Crippen molar-refractivity contribution in [2.75, 3.05) is 0 Å². The molecule has 0 aliphatic carbocycles. The molecule has 0 saturated heterocycles. The molecule has 0 bridgehead atoms. The van der Waals surface area contributed by atoms with Crippen LogP contribution in [0.1, 0.15) is 36.5 Å². The number of nitrogens with one attached hydrogen (secondary N) is 1. The SMILES string of the molecule is Cc1cc(C)cc(C[C@H](C)NC(=O)CCCn2ccnc2)c1. The van der Waals surface area contributed by atoms with Crippen molar-refractivity contribution < 1.29 is 4.79 Å². The van der Waals surface area contributed by atoms with E-state index in [1.807, 2.05) is 10.8 Å². The number of nitrogens with zero attached hydrogens (tertiary/aromatic N) is 2. The highest BCUT2D eigenvalue weighted by Gasteiger charge is 2.08. The van der Waals surface area contributed by atoms with Gasteiger partial charge in [0.1, 0.15) is 0 Å². The summed E-state index contributed by atoms with van der Waals surface area (Å²) in [4.78, 5) is 16.0. The van der Waals surface area contributed by atoms with Gasteiger partial charge in [-0.2, -0.15) is 0 Å². The zero-order valence-corrected chi connectivity index (χ0v) is 13.7. The van der Waals surface area contributed by atoms with Gasteiger partial charge in [0.05, 0.1) is 6.33 Å². The number of imidazole rings is 1. The Morgan fingerprint density at radius 3 is 2.64 bits per heavy atom. The van der Waals surface area contributed by atoms with Crippen LogP contribution in [0.3, 0.4) is 0 Å². The lowest BCUT2D eigenvalue weighted by molar-refractivity contribution is -0.121. The number of benzene rings is 1. The number of hydrogen-bond acceptors (Lipinski definition) is 2. The molecule has 1 heterocycles. The van der Waals surface area contributed by atoms with Crippen LogP contribution in [0.5, 0.6) is 0 Å². The summed E-state index contributed by atoms with van der Waals surface area (Å²) in [6.45, 7) is 7.11. The molecule has 1 atom stereocenters. The average molecular weight is 299 g/mol. The van der Waals surface area contributed by atoms with E-state index in [4.69, 9.17) is 0 Å². The Hall–Kier alpha value is -2.10. The second kappa shape index (κ2) is 7.78. The van der Waals surface area contributed by atoms with E-state index >= 15 is 0 Å². The van der Waals surface area contributed by atoms with Gasteiger partial charge in [0, 0.05) is 31.4 Å². The number of hydrogen-bond donors (Lipinski definition) is 1. The fourth-order valence-electron chi connectivity index (χ4n) is 2.78. The van der Waals surface area contributed by atoms with Gasteiger partial charge in [-0.25, -0.2) is 4.98 Å². The first-order chi connectivity index (χ1) is 10.5. The molecule has 0 saturated carbocycles. The average Bonchev–Trinajstić information content (AvgIpc) is 2.90. The van der Waals surface area contributed by atoms with E-state index in [2.05, 4.69) is 49.3 Å². The number of aromatic nitrogens is 2. The fraction of sp³-hybridized carbons (Fsp3) is 0.444. The summed E-state index contributed by atoms with van der Waals surface area (Å²) in [7, 11) is 0. The van der Waals surface area contributed by atoms with Gasteiger partial charge in [-0.3, -0.25) is 4.79 Å². The first kappa shape index (κ1) is 16.3. The molecule has 2 aromatic rings. The normalized spacial score (nSPS) is 12.1. The van der Waals surface area contributed by atoms with Crippen LogP contribution in [-0.4, -0.2) is 21.5 Å². The lowest BCUT2D eigenvalue weighted by Crippen LogP contribution is -2.34. The number of aryl methyl sites for hydroxylation is 3. The molecule has 1 N–H and O–H groups in total. The minimum Gasteiger partial charge on any atom is -0.353 e. The lowest BCUT2D eigenvalue weighted by atomic mass is 10.0. The molecule has 0 fully saturated rings. The smallest absolute Gasteiger partial charge is 0.220 e. The van der Waals surface area contributed by atoms with Gasteiger partial charge in [0.15, 0.2) is 0 Å². The van der Waals surface area contributed by atoms with Crippen LogP contribution in [0, 0.1) is 13.8 Å². The Balaban J connectivity index is 1.73. The van der Waals surface area contributed by atoms with E-state index in [0.29, 0.717) is 6.42 Å². The molecule has 0 radical (unpaired) electrons. The number of carbonyl (C=O) groups is 1. The number of carbonyl (C=O) groups excluding carboxylic acids is 1. The molecule has 118 valence electrons. The van der Waals surface area contributed by atoms with Gasteiger partial charge in [-0.1, -0.05) is 29.3 Å². The van der Waals surface area contributed by atoms with Crippen molar-refractivity contribution in [2.45, 2.75) is 52.6 Å². The molecular formula is C18H25N3O. The maximum absolute atomic E-state index is 12.0. The van der Waals surface area contributed by atoms with Gasteiger partial charge < -0.3 is 9.88 Å². The zero-order chi connectivity index (χ0) is 15.9. The first-order valence-electron chi connectivity index (χ1n) is 7.85. The highest BCUT2D eigenvalue weighted by atomic mass is 16.1. The predicted molar refractivity (Wildman–Crippen MR) is 88.7 cm³/mol. The predicted octanol–water partition coefficient (Wildman–Crippen LogP) is 3.03. The van der Waals surface area contributed by atoms with Crippen LogP contribution >= 0.6 is 0 Å². The highest BCUT2D eigenvalue weighted by Crippen LogP contribution is 2.11. The minimum absolute atomic E-state index is 0.122. The zero-order valence-electron chi connectivity index (χ0n) is 13.7. The van der Waals surface area contributed by atoms with Crippen LogP contribution in [0.25, 0.3) is 0 Å². The van der Waals surface area contributed by atoms with Crippen LogP contribution in [0.4, 0.5) is 0 Å². The molecule has 4 heteroatoms. The molecule has 0 aliphatic rings. The van der Waals surface area contributed by atoms with Crippen molar-refractivity contribution in [3.8, 4) is 0 Å². The van der Waals surface area contributed by atoms with Crippen LogP contribution in [-0.2, 0) is 17.8 Å². The quantitative estimate of drug-likeness (QED) is 0.854. The van der Waals surface area contributed by atoms with E-state index in [-0.39, 0.29) is 11.9 Å². The van der Waals surface area contributed by atoms with E-state index in [1.54, 1.807) is 12.5 Å². The molecule has 1 amide bonds. The van der Waals surface area contributed by atoms with E-state index < -0.39 is 0 Å². The molecule has 4 nitrogen and oxygen atoms in total. The van der Waals surface area contributed by atoms with Gasteiger partial charge in [-0.05, 0) is 39.2 Å². The molecule has 2 rings (SSSR count). The largest absolute Gasteiger partial charge is 0.353 e. The van der Waals surface area contributed by atoms with Crippen molar-refractivity contribution in [2.24, 2.45) is 0 Å². The van der Waals surface area contributed by atoms with Crippen molar-refractivity contribution in [1.82, 2.24) is 14.9 Å². The van der Waals surface area contributed by atoms with Gasteiger partial charge in [-0.15, -0.1) is 0 Å². The second-order valence-corrected chi connectivity index (χ2v) is 6.07. The van der Waals surface area contributed by atoms with Crippen molar-refractivity contribution in [3.05, 3.63) is 53.6 Å². The molecule has 1 aromatic heterocycles. The molecule has 1 aromatic carbocycles. The standard InChI is InChI=1S/C18H25N3O/c1-14-9-15(2)11-17(10-14)12-16(3)20-18(22)5-4-7-21-8-6-19-13-21/h6,8-11,13,16H,4-5,7,12H2,1-3H3,(H,20,22)/t16-/m0/s1. The second-order valence-electron chi connectivity index (χ2n) is 6.07. The summed E-state index contributed by atoms with van der Waals surface area (Å²) in [5.74, 6) is 0.122. The molecule has 22 heavy (non-hydrogen) atoms. The van der Waals surface area contributed by atoms with Crippen LogP contribution in [0.15, 0.2) is 36.9 Å². The fourth-order valence-corrected chi connectivity index (χ4v) is 2.78. The summed E-state index contributed by atoms with van der Waals surface area (Å²) in [6, 6.07) is 6.70. The molecule has 0 aliphatic heterocycles. The van der Waals surface area contributed by atoms with Gasteiger partial charge in [0.25, 0.3) is 0 Å². The molecule has 0 spiro atoms. The summed E-state index contributed by atoms with van der Waals surface area (Å²) < 4.78 is 1.99. The maximum Gasteiger partial charge on any atom is 0.220 e. The lowest BCUT2D eigenvalue weighted by Gasteiger charge is -2.15. The van der Waals surface area contributed by atoms with Crippen LogP contribution in [0.2, 0.25) is 0 Å². The first-order valence-corrected chi connectivity index (χ1v) is 7.85. The number of amides is 1. The summed E-state index contributed by atoms with van der Waals surface area (Å²) in [5, 5.41) is 3.08. The Morgan fingerprint density at radius 1 is 1.27 bits per heavy atom. The third-order valence-electron chi connectivity index (χ3n) is 3.61. The van der Waals surface area contributed by atoms with E-state index in [0.717, 1.165) is 19.4 Å². The molecule has 0 unspecified atom stereocenters. The molecular weight excluding hydrogens is 274 g/mol. The van der Waals surface area contributed by atoms with Gasteiger partial charge in [0.2, 0.25) is 5.91 Å². The third kappa shape index (κ3) is 5.35.